The second-order valence-electron chi connectivity index (χ2n) is 4.23. The summed E-state index contributed by atoms with van der Waals surface area (Å²) in [7, 11) is 1.65. The summed E-state index contributed by atoms with van der Waals surface area (Å²) in [6.07, 6.45) is 4.28. The van der Waals surface area contributed by atoms with Crippen molar-refractivity contribution in [3.63, 3.8) is 0 Å². The number of methoxy groups -OCH3 is 1. The highest BCUT2D eigenvalue weighted by Gasteiger charge is 2.02. The number of aromatic nitrogens is 1. The molecule has 19 heavy (non-hydrogen) atoms. The van der Waals surface area contributed by atoms with Gasteiger partial charge in [-0.05, 0) is 40.0 Å². The van der Waals surface area contributed by atoms with E-state index < -0.39 is 0 Å². The van der Waals surface area contributed by atoms with Gasteiger partial charge in [0.2, 0.25) is 5.43 Å². The maximum Gasteiger partial charge on any atom is 0.218 e. The fraction of sp³-hybridized carbons (Fsp3) is 0.214. The van der Waals surface area contributed by atoms with Crippen LogP contribution in [-0.4, -0.2) is 11.7 Å². The van der Waals surface area contributed by atoms with Crippen molar-refractivity contribution in [2.75, 3.05) is 12.8 Å². The van der Waals surface area contributed by atoms with Gasteiger partial charge in [-0.25, -0.2) is 0 Å². The van der Waals surface area contributed by atoms with Crippen LogP contribution in [0.15, 0.2) is 45.9 Å². The molecule has 0 aliphatic rings. The Bertz CT molecular complexity index is 594. The molecule has 0 unspecified atom stereocenters. The standard InChI is InChI=1S/C14H15BrN2O2/c1-19-11-4-2-10(3-5-11)6-7-17-8-12(15)14(18)13(16)9-17/h2-5,8-9H,6-7,16H2,1H3. The molecule has 5 heteroatoms. The van der Waals surface area contributed by atoms with Gasteiger partial charge in [0.1, 0.15) is 5.75 Å². The van der Waals surface area contributed by atoms with Crippen LogP contribution >= 0.6 is 15.9 Å². The first kappa shape index (κ1) is 13.7. The smallest absolute Gasteiger partial charge is 0.218 e. The van der Waals surface area contributed by atoms with Gasteiger partial charge in [0.25, 0.3) is 0 Å². The molecule has 1 aromatic carbocycles. The minimum Gasteiger partial charge on any atom is -0.497 e. The fourth-order valence-electron chi connectivity index (χ4n) is 1.80. The molecule has 4 nitrogen and oxygen atoms in total. The summed E-state index contributed by atoms with van der Waals surface area (Å²) in [6, 6.07) is 7.93. The van der Waals surface area contributed by atoms with Crippen LogP contribution in [0.25, 0.3) is 0 Å². The predicted octanol–water partition coefficient (Wildman–Crippen LogP) is 2.44. The highest BCUT2D eigenvalue weighted by atomic mass is 79.9. The minimum atomic E-state index is -0.166. The first-order valence-corrected chi connectivity index (χ1v) is 6.67. The van der Waals surface area contributed by atoms with Crippen molar-refractivity contribution in [3.8, 4) is 5.75 Å². The molecule has 0 saturated heterocycles. The summed E-state index contributed by atoms with van der Waals surface area (Å²) in [5.74, 6) is 0.846. The lowest BCUT2D eigenvalue weighted by atomic mass is 10.1. The van der Waals surface area contributed by atoms with E-state index in [-0.39, 0.29) is 11.1 Å². The van der Waals surface area contributed by atoms with Gasteiger partial charge in [0.15, 0.2) is 0 Å². The highest BCUT2D eigenvalue weighted by molar-refractivity contribution is 9.10. The number of aryl methyl sites for hydroxylation is 2. The van der Waals surface area contributed by atoms with Gasteiger partial charge in [-0.1, -0.05) is 12.1 Å². The van der Waals surface area contributed by atoms with Crippen molar-refractivity contribution in [3.05, 3.63) is 56.9 Å². The third kappa shape index (κ3) is 3.38. The fourth-order valence-corrected chi connectivity index (χ4v) is 2.29. The summed E-state index contributed by atoms with van der Waals surface area (Å²) < 4.78 is 7.51. The Labute approximate surface area is 119 Å². The Hall–Kier alpha value is -1.75. The Morgan fingerprint density at radius 2 is 1.95 bits per heavy atom. The molecule has 0 spiro atoms. The molecule has 1 aromatic heterocycles. The van der Waals surface area contributed by atoms with Gasteiger partial charge in [-0.2, -0.15) is 0 Å². The number of benzene rings is 1. The van der Waals surface area contributed by atoms with Crippen molar-refractivity contribution in [1.29, 1.82) is 0 Å². The summed E-state index contributed by atoms with van der Waals surface area (Å²) >= 11 is 3.21. The SMILES string of the molecule is COc1ccc(CCn2cc(N)c(=O)c(Br)c2)cc1. The van der Waals surface area contributed by atoms with Gasteiger partial charge >= 0.3 is 0 Å². The van der Waals surface area contributed by atoms with Crippen molar-refractivity contribution >= 4 is 21.6 Å². The van der Waals surface area contributed by atoms with Crippen molar-refractivity contribution in [2.24, 2.45) is 0 Å². The number of rotatable bonds is 4. The van der Waals surface area contributed by atoms with Gasteiger partial charge in [-0.3, -0.25) is 4.79 Å². The molecule has 2 rings (SSSR count). The van der Waals surface area contributed by atoms with Crippen LogP contribution in [0.2, 0.25) is 0 Å². The van der Waals surface area contributed by atoms with E-state index >= 15 is 0 Å². The molecular weight excluding hydrogens is 308 g/mol. The van der Waals surface area contributed by atoms with Crippen molar-refractivity contribution in [1.82, 2.24) is 4.57 Å². The largest absolute Gasteiger partial charge is 0.497 e. The first-order valence-electron chi connectivity index (χ1n) is 5.88. The number of ether oxygens (including phenoxy) is 1. The monoisotopic (exact) mass is 322 g/mol. The van der Waals surface area contributed by atoms with Crippen molar-refractivity contribution in [2.45, 2.75) is 13.0 Å². The number of anilines is 1. The zero-order valence-corrected chi connectivity index (χ0v) is 12.2. The lowest BCUT2D eigenvalue weighted by molar-refractivity contribution is 0.414. The molecule has 0 atom stereocenters. The van der Waals surface area contributed by atoms with Crippen LogP contribution in [0.4, 0.5) is 5.69 Å². The Balaban J connectivity index is 2.07. The molecule has 2 N–H and O–H groups in total. The highest BCUT2D eigenvalue weighted by Crippen LogP contribution is 2.13. The first-order chi connectivity index (χ1) is 9.10. The van der Waals surface area contributed by atoms with E-state index in [0.717, 1.165) is 18.7 Å². The number of halogens is 1. The maximum absolute atomic E-state index is 11.5. The average molecular weight is 323 g/mol. The van der Waals surface area contributed by atoms with Crippen LogP contribution in [0.3, 0.4) is 0 Å². The molecule has 0 aliphatic heterocycles. The van der Waals surface area contributed by atoms with E-state index in [0.29, 0.717) is 4.47 Å². The molecule has 100 valence electrons. The average Bonchev–Trinajstić information content (AvgIpc) is 2.43. The summed E-state index contributed by atoms with van der Waals surface area (Å²) in [4.78, 5) is 11.5. The molecule has 1 heterocycles. The summed E-state index contributed by atoms with van der Waals surface area (Å²) in [6.45, 7) is 0.759. The normalized spacial score (nSPS) is 10.4. The number of nitrogen functional groups attached to an aromatic ring is 1. The van der Waals surface area contributed by atoms with Gasteiger partial charge in [0.05, 0.1) is 17.3 Å². The van der Waals surface area contributed by atoms with E-state index in [1.165, 1.54) is 5.56 Å². The second-order valence-corrected chi connectivity index (χ2v) is 5.08. The molecule has 0 fully saturated rings. The third-order valence-electron chi connectivity index (χ3n) is 2.88. The molecule has 0 aliphatic carbocycles. The van der Waals surface area contributed by atoms with Crippen LogP contribution in [0.5, 0.6) is 5.75 Å². The second kappa shape index (κ2) is 5.93. The molecular formula is C14H15BrN2O2. The lowest BCUT2D eigenvalue weighted by Gasteiger charge is -2.08. The Morgan fingerprint density at radius 1 is 1.26 bits per heavy atom. The Morgan fingerprint density at radius 3 is 2.53 bits per heavy atom. The lowest BCUT2D eigenvalue weighted by Crippen LogP contribution is -2.13. The van der Waals surface area contributed by atoms with Gasteiger partial charge < -0.3 is 15.0 Å². The number of pyridine rings is 1. The van der Waals surface area contributed by atoms with Gasteiger partial charge in [-0.15, -0.1) is 0 Å². The molecule has 2 aromatic rings. The van der Waals surface area contributed by atoms with Crippen molar-refractivity contribution < 1.29 is 4.74 Å². The zero-order valence-electron chi connectivity index (χ0n) is 10.6. The van der Waals surface area contributed by atoms with Crippen LogP contribution < -0.4 is 15.9 Å². The predicted molar refractivity (Wildman–Crippen MR) is 79.5 cm³/mol. The maximum atomic E-state index is 11.5. The number of hydrogen-bond acceptors (Lipinski definition) is 3. The third-order valence-corrected chi connectivity index (χ3v) is 3.45. The van der Waals surface area contributed by atoms with Gasteiger partial charge in [0, 0.05) is 18.9 Å². The molecule has 0 radical (unpaired) electrons. The topological polar surface area (TPSA) is 57.2 Å². The quantitative estimate of drug-likeness (QED) is 0.940. The zero-order chi connectivity index (χ0) is 13.8. The Kier molecular flexibility index (Phi) is 4.27. The summed E-state index contributed by atoms with van der Waals surface area (Å²) in [5.41, 5.74) is 6.94. The summed E-state index contributed by atoms with van der Waals surface area (Å²) in [5, 5.41) is 0. The van der Waals surface area contributed by atoms with E-state index in [1.807, 2.05) is 28.8 Å². The molecule has 0 saturated carbocycles. The van der Waals surface area contributed by atoms with E-state index in [9.17, 15) is 4.79 Å². The van der Waals surface area contributed by atoms with E-state index in [4.69, 9.17) is 10.5 Å². The minimum absolute atomic E-state index is 0.166. The number of nitrogens with two attached hydrogens (primary N) is 1. The molecule has 0 bridgehead atoms. The number of nitrogens with zero attached hydrogens (tertiary/aromatic N) is 1. The van der Waals surface area contributed by atoms with Crippen LogP contribution in [0, 0.1) is 0 Å². The van der Waals surface area contributed by atoms with Crippen LogP contribution in [0.1, 0.15) is 5.56 Å². The molecule has 0 amide bonds. The van der Waals surface area contributed by atoms with E-state index in [1.54, 1.807) is 19.5 Å². The number of hydrogen-bond donors (Lipinski definition) is 1. The van der Waals surface area contributed by atoms with E-state index in [2.05, 4.69) is 15.9 Å². The van der Waals surface area contributed by atoms with Crippen LogP contribution in [-0.2, 0) is 13.0 Å².